The van der Waals surface area contributed by atoms with Gasteiger partial charge in [0.05, 0.1) is 10.6 Å². The summed E-state index contributed by atoms with van der Waals surface area (Å²) in [6.45, 7) is -0.104. The van der Waals surface area contributed by atoms with Crippen molar-refractivity contribution in [1.82, 2.24) is 14.8 Å². The first-order chi connectivity index (χ1) is 15.8. The zero-order valence-electron chi connectivity index (χ0n) is 17.1. The molecule has 0 aliphatic rings. The van der Waals surface area contributed by atoms with Gasteiger partial charge in [-0.1, -0.05) is 23.7 Å². The maximum atomic E-state index is 12.5. The zero-order chi connectivity index (χ0) is 23.4. The Morgan fingerprint density at radius 3 is 2.48 bits per heavy atom. The molecular weight excluding hydrogens is 484 g/mol. The van der Waals surface area contributed by atoms with E-state index >= 15 is 0 Å². The number of hydrogen-bond donors (Lipinski definition) is 3. The van der Waals surface area contributed by atoms with Crippen LogP contribution in [0.1, 0.15) is 11.3 Å². The van der Waals surface area contributed by atoms with Crippen molar-refractivity contribution in [3.05, 3.63) is 82.5 Å². The molecule has 0 aliphatic heterocycles. The van der Waals surface area contributed by atoms with Crippen LogP contribution in [0.5, 0.6) is 0 Å². The highest BCUT2D eigenvalue weighted by molar-refractivity contribution is 7.93. The quantitative estimate of drug-likeness (QED) is 0.320. The number of hydrogen-bond acceptors (Lipinski definition) is 7. The molecule has 4 N–H and O–H groups in total. The number of anilines is 3. The number of rotatable bonds is 9. The Kier molecular flexibility index (Phi) is 6.63. The molecule has 12 heteroatoms. The van der Waals surface area contributed by atoms with E-state index in [0.717, 1.165) is 11.3 Å². The van der Waals surface area contributed by atoms with E-state index in [-0.39, 0.29) is 11.4 Å². The van der Waals surface area contributed by atoms with Crippen molar-refractivity contribution in [1.29, 1.82) is 0 Å². The molecule has 2 heterocycles. The molecule has 0 fully saturated rings. The van der Waals surface area contributed by atoms with Crippen molar-refractivity contribution in [2.24, 2.45) is 5.73 Å². The first-order valence-electron chi connectivity index (χ1n) is 9.67. The molecule has 1 amide bonds. The van der Waals surface area contributed by atoms with Gasteiger partial charge in [0.2, 0.25) is 5.91 Å². The number of nitrogens with zero attached hydrogens (tertiary/aromatic N) is 3. The van der Waals surface area contributed by atoms with Gasteiger partial charge in [-0.25, -0.2) is 18.1 Å². The van der Waals surface area contributed by atoms with Crippen LogP contribution in [0.15, 0.2) is 71.1 Å². The molecular formula is C21H19ClN6O3S2. The van der Waals surface area contributed by atoms with Gasteiger partial charge in [0, 0.05) is 34.8 Å². The van der Waals surface area contributed by atoms with Gasteiger partial charge >= 0.3 is 0 Å². The lowest BCUT2D eigenvalue weighted by Gasteiger charge is -2.10. The molecule has 170 valence electrons. The Balaban J connectivity index is 1.52. The van der Waals surface area contributed by atoms with Crippen LogP contribution in [0.2, 0.25) is 5.02 Å². The molecule has 0 aliphatic carbocycles. The number of primary amides is 1. The Hall–Kier alpha value is -3.41. The number of aromatic nitrogens is 3. The lowest BCUT2D eigenvalue weighted by molar-refractivity contribution is -0.118. The highest BCUT2D eigenvalue weighted by Gasteiger charge is 2.16. The van der Waals surface area contributed by atoms with Crippen molar-refractivity contribution in [3.8, 4) is 0 Å². The maximum Gasteiger partial charge on any atom is 0.263 e. The summed E-state index contributed by atoms with van der Waals surface area (Å²) >= 11 is 7.13. The second-order valence-corrected chi connectivity index (χ2v) is 10.1. The SMILES string of the molecule is NC(=O)Cn1nc(Cc2ccc(Cl)cc2)cc1Nc1ccc(S(=O)(=O)Nc2nccs2)cc1. The summed E-state index contributed by atoms with van der Waals surface area (Å²) in [6.07, 6.45) is 2.06. The van der Waals surface area contributed by atoms with Gasteiger partial charge in [0.1, 0.15) is 12.4 Å². The molecule has 0 spiro atoms. The molecule has 0 saturated carbocycles. The van der Waals surface area contributed by atoms with Crippen LogP contribution in [0.4, 0.5) is 16.6 Å². The lowest BCUT2D eigenvalue weighted by atomic mass is 10.1. The van der Waals surface area contributed by atoms with Crippen molar-refractivity contribution >= 4 is 55.5 Å². The number of thiazole rings is 1. The molecule has 4 rings (SSSR count). The molecule has 0 radical (unpaired) electrons. The fourth-order valence-electron chi connectivity index (χ4n) is 3.05. The summed E-state index contributed by atoms with van der Waals surface area (Å²) in [7, 11) is -3.75. The van der Waals surface area contributed by atoms with Gasteiger partial charge in [-0.2, -0.15) is 5.10 Å². The van der Waals surface area contributed by atoms with E-state index in [0.29, 0.717) is 28.1 Å². The van der Waals surface area contributed by atoms with Gasteiger partial charge in [-0.05, 0) is 42.0 Å². The van der Waals surface area contributed by atoms with Crippen LogP contribution in [0.25, 0.3) is 0 Å². The highest BCUT2D eigenvalue weighted by Crippen LogP contribution is 2.23. The van der Waals surface area contributed by atoms with E-state index in [4.69, 9.17) is 17.3 Å². The average molecular weight is 503 g/mol. The number of amides is 1. The van der Waals surface area contributed by atoms with E-state index < -0.39 is 15.9 Å². The zero-order valence-corrected chi connectivity index (χ0v) is 19.5. The first-order valence-corrected chi connectivity index (χ1v) is 12.4. The first kappa shape index (κ1) is 22.8. The van der Waals surface area contributed by atoms with Crippen LogP contribution < -0.4 is 15.8 Å². The number of carbonyl (C=O) groups is 1. The molecule has 4 aromatic rings. The average Bonchev–Trinajstić information content (AvgIpc) is 3.39. The predicted molar refractivity (Wildman–Crippen MR) is 128 cm³/mol. The predicted octanol–water partition coefficient (Wildman–Crippen LogP) is 3.61. The van der Waals surface area contributed by atoms with Gasteiger partial charge < -0.3 is 11.1 Å². The molecule has 9 nitrogen and oxygen atoms in total. The summed E-state index contributed by atoms with van der Waals surface area (Å²) in [5.74, 6) is 0.0168. The summed E-state index contributed by atoms with van der Waals surface area (Å²) < 4.78 is 28.9. The Bertz CT molecular complexity index is 1350. The lowest BCUT2D eigenvalue weighted by Crippen LogP contribution is -2.20. The fraction of sp³-hybridized carbons (Fsp3) is 0.0952. The van der Waals surface area contributed by atoms with Crippen LogP contribution >= 0.6 is 22.9 Å². The van der Waals surface area contributed by atoms with Crippen molar-refractivity contribution < 1.29 is 13.2 Å². The van der Waals surface area contributed by atoms with Crippen LogP contribution in [-0.2, 0) is 27.8 Å². The highest BCUT2D eigenvalue weighted by atomic mass is 35.5. The third-order valence-electron chi connectivity index (χ3n) is 4.53. The maximum absolute atomic E-state index is 12.5. The normalized spacial score (nSPS) is 11.3. The van der Waals surface area contributed by atoms with E-state index in [1.807, 2.05) is 18.2 Å². The van der Waals surface area contributed by atoms with Crippen molar-refractivity contribution in [3.63, 3.8) is 0 Å². The number of carbonyl (C=O) groups excluding carboxylic acids is 1. The number of sulfonamides is 1. The number of halogens is 1. The van der Waals surface area contributed by atoms with E-state index in [1.165, 1.54) is 34.3 Å². The third-order valence-corrected chi connectivity index (χ3v) is 6.95. The second kappa shape index (κ2) is 9.61. The number of nitrogens with one attached hydrogen (secondary N) is 2. The van der Waals surface area contributed by atoms with Crippen LogP contribution in [0, 0.1) is 0 Å². The minimum absolute atomic E-state index is 0.0947. The molecule has 0 saturated heterocycles. The van der Waals surface area contributed by atoms with Crippen LogP contribution in [-0.4, -0.2) is 29.1 Å². The Labute approximate surface area is 199 Å². The Morgan fingerprint density at radius 2 is 1.85 bits per heavy atom. The van der Waals surface area contributed by atoms with Crippen LogP contribution in [0.3, 0.4) is 0 Å². The number of nitrogens with two attached hydrogens (primary N) is 1. The molecule has 33 heavy (non-hydrogen) atoms. The topological polar surface area (TPSA) is 132 Å². The minimum atomic E-state index is -3.75. The molecule has 2 aromatic heterocycles. The Morgan fingerprint density at radius 1 is 1.12 bits per heavy atom. The van der Waals surface area contributed by atoms with E-state index in [1.54, 1.807) is 29.6 Å². The summed E-state index contributed by atoms with van der Waals surface area (Å²) in [4.78, 5) is 15.5. The monoisotopic (exact) mass is 502 g/mol. The van der Waals surface area contributed by atoms with Gasteiger partial charge in [-0.3, -0.25) is 9.52 Å². The van der Waals surface area contributed by atoms with Crippen molar-refractivity contribution in [2.45, 2.75) is 17.9 Å². The third kappa shape index (κ3) is 5.89. The molecule has 0 unspecified atom stereocenters. The van der Waals surface area contributed by atoms with Gasteiger partial charge in [0.25, 0.3) is 10.0 Å². The molecule has 0 atom stereocenters. The minimum Gasteiger partial charge on any atom is -0.368 e. The van der Waals surface area contributed by atoms with E-state index in [9.17, 15) is 13.2 Å². The largest absolute Gasteiger partial charge is 0.368 e. The fourth-order valence-corrected chi connectivity index (χ4v) is 4.96. The number of benzene rings is 2. The summed E-state index contributed by atoms with van der Waals surface area (Å²) in [5, 5.41) is 10.3. The standard InChI is InChI=1S/C21H19ClN6O3S2/c22-15-3-1-14(2-4-15)11-17-12-20(28(26-17)13-19(23)29)25-16-5-7-18(8-6-16)33(30,31)27-21-24-9-10-32-21/h1-10,12,25H,11,13H2,(H2,23,29)(H,24,27). The van der Waals surface area contributed by atoms with Gasteiger partial charge in [-0.15, -0.1) is 11.3 Å². The second-order valence-electron chi connectivity index (χ2n) is 7.04. The summed E-state index contributed by atoms with van der Waals surface area (Å²) in [5.41, 5.74) is 7.73. The molecule has 0 bridgehead atoms. The van der Waals surface area contributed by atoms with Crippen molar-refractivity contribution in [2.75, 3.05) is 10.0 Å². The molecule has 2 aromatic carbocycles. The van der Waals surface area contributed by atoms with Gasteiger partial charge in [0.15, 0.2) is 5.13 Å². The smallest absolute Gasteiger partial charge is 0.263 e. The van der Waals surface area contributed by atoms with E-state index in [2.05, 4.69) is 20.1 Å². The summed E-state index contributed by atoms with van der Waals surface area (Å²) in [6, 6.07) is 15.4.